The van der Waals surface area contributed by atoms with Gasteiger partial charge in [-0.05, 0) is 249 Å². The van der Waals surface area contributed by atoms with E-state index in [-0.39, 0.29) is 81.4 Å². The number of benzene rings is 1. The summed E-state index contributed by atoms with van der Waals surface area (Å²) in [6, 6.07) is 4.06. The van der Waals surface area contributed by atoms with E-state index < -0.39 is 44.7 Å². The zero-order valence-electron chi connectivity index (χ0n) is 59.5. The second-order valence-electron chi connectivity index (χ2n) is 33.8. The van der Waals surface area contributed by atoms with Crippen molar-refractivity contribution in [3.8, 4) is 5.75 Å². The van der Waals surface area contributed by atoms with Gasteiger partial charge in [-0.1, -0.05) is 99.1 Å². The van der Waals surface area contributed by atoms with Gasteiger partial charge in [-0.3, -0.25) is 38.8 Å². The maximum Gasteiger partial charge on any atom is 0.322 e. The number of hydrogen-bond donors (Lipinski definition) is 3. The van der Waals surface area contributed by atoms with Crippen LogP contribution in [0.2, 0.25) is 0 Å². The molecule has 0 radical (unpaired) electrons. The number of phenolic OH excluding ortho intramolecular Hbond substituents is 1. The SMILES string of the molecule is CCCCC(C(=O)O)(C(=O)O)C(c1cc(C(C)(C)C)c(O)c(C(C)(C)C)c1)(C1CCC(C)(C)N(C)C1(C)C)C1CCC(C)(C)N(C)C1(C)C.CN1C(C)(C)CCC(OC(=O)CCCCCCCCC(=O)OC2CCC(C)(C)N(C)C2(C)C)C1(C)C. The Labute approximate surface area is 519 Å². The summed E-state index contributed by atoms with van der Waals surface area (Å²) in [6.45, 7) is 50.0. The second kappa shape index (κ2) is 26.3. The van der Waals surface area contributed by atoms with Gasteiger partial charge in [0, 0.05) is 51.5 Å². The zero-order chi connectivity index (χ0) is 65.5. The van der Waals surface area contributed by atoms with Crippen LogP contribution in [0.25, 0.3) is 0 Å². The molecule has 0 saturated carbocycles. The van der Waals surface area contributed by atoms with Crippen molar-refractivity contribution >= 4 is 23.9 Å². The minimum absolute atomic E-state index is 0.0180. The van der Waals surface area contributed by atoms with Crippen LogP contribution in [0.3, 0.4) is 0 Å². The zero-order valence-corrected chi connectivity index (χ0v) is 59.5. The summed E-state index contributed by atoms with van der Waals surface area (Å²) in [6.07, 6.45) is 14.9. The lowest BCUT2D eigenvalue weighted by molar-refractivity contribution is -0.200. The molecule has 1 aromatic rings. The average molecular weight is 1190 g/mol. The molecule has 3 N–H and O–H groups in total. The number of likely N-dealkylation sites (N-methyl/N-ethyl adjacent to an activating group) is 2. The number of phenols is 1. The van der Waals surface area contributed by atoms with Crippen LogP contribution < -0.4 is 0 Å². The van der Waals surface area contributed by atoms with E-state index in [1.807, 2.05) is 19.1 Å². The summed E-state index contributed by atoms with van der Waals surface area (Å²) < 4.78 is 11.8. The molecule has 0 aromatic heterocycles. The lowest BCUT2D eigenvalue weighted by atomic mass is 9.39. The number of hydrogen-bond acceptors (Lipinski definition) is 11. The number of aromatic hydroxyl groups is 1. The average Bonchev–Trinajstić information content (AvgIpc) is 0.767. The molecule has 4 saturated heterocycles. The monoisotopic (exact) mass is 1190 g/mol. The third kappa shape index (κ3) is 14.8. The summed E-state index contributed by atoms with van der Waals surface area (Å²) in [7, 11) is 8.53. The molecule has 5 rings (SSSR count). The fourth-order valence-electron chi connectivity index (χ4n) is 16.5. The van der Waals surface area contributed by atoms with Crippen LogP contribution >= 0.6 is 0 Å². The molecule has 4 heterocycles. The van der Waals surface area contributed by atoms with Gasteiger partial charge in [0.25, 0.3) is 0 Å². The smallest absolute Gasteiger partial charge is 0.322 e. The third-order valence-corrected chi connectivity index (χ3v) is 23.7. The number of aliphatic carboxylic acids is 2. The largest absolute Gasteiger partial charge is 0.507 e. The van der Waals surface area contributed by atoms with Crippen molar-refractivity contribution in [3.63, 3.8) is 0 Å². The van der Waals surface area contributed by atoms with Gasteiger partial charge in [0.05, 0.1) is 11.1 Å². The van der Waals surface area contributed by atoms with Crippen LogP contribution in [0.5, 0.6) is 5.75 Å². The Morgan fingerprint density at radius 2 is 0.776 bits per heavy atom. The molecular weight excluding hydrogens is 1060 g/mol. The number of carboxylic acids is 2. The first-order valence-corrected chi connectivity index (χ1v) is 33.1. The number of carbonyl (C=O) groups is 4. The van der Waals surface area contributed by atoms with Crippen molar-refractivity contribution in [2.75, 3.05) is 28.2 Å². The first-order chi connectivity index (χ1) is 38.4. The van der Waals surface area contributed by atoms with Crippen molar-refractivity contribution in [3.05, 3.63) is 28.8 Å². The van der Waals surface area contributed by atoms with Crippen molar-refractivity contribution in [1.82, 2.24) is 19.6 Å². The maximum atomic E-state index is 14.5. The van der Waals surface area contributed by atoms with Gasteiger partial charge in [-0.15, -0.1) is 0 Å². The molecule has 13 heteroatoms. The Morgan fingerprint density at radius 3 is 1.07 bits per heavy atom. The Bertz CT molecular complexity index is 2320. The number of unbranched alkanes of at least 4 members (excludes halogenated alkanes) is 6. The van der Waals surface area contributed by atoms with Gasteiger partial charge < -0.3 is 24.8 Å². The Morgan fingerprint density at radius 1 is 0.482 bits per heavy atom. The Kier molecular flexibility index (Phi) is 23.0. The van der Waals surface area contributed by atoms with E-state index in [1.165, 1.54) is 0 Å². The predicted octanol–water partition coefficient (Wildman–Crippen LogP) is 15.9. The second-order valence-corrected chi connectivity index (χ2v) is 33.8. The highest BCUT2D eigenvalue weighted by Crippen LogP contribution is 2.67. The van der Waals surface area contributed by atoms with Crippen LogP contribution in [-0.2, 0) is 44.9 Å². The van der Waals surface area contributed by atoms with Crippen LogP contribution in [0.15, 0.2) is 12.1 Å². The van der Waals surface area contributed by atoms with E-state index in [4.69, 9.17) is 9.47 Å². The number of esters is 2. The molecule has 1 aromatic carbocycles. The van der Waals surface area contributed by atoms with Gasteiger partial charge >= 0.3 is 23.9 Å². The minimum atomic E-state index is -2.15. The standard InChI is InChI=1S/C42H72N2O5.C30H56N2O4/c1-18-19-22-41(33(46)47,34(48)49)42(30-20-23-37(8,9)43(16)39(30,12)13,31-21-24-38(10,11)44(17)40(31,14)15)27-25-28(35(2,3)4)32(45)29(26-27)36(5,6)7;1-27(2)21-19-23(29(5,6)31(27)9)35-25(33)17-15-13-11-12-14-16-18-26(34)36-24-20-22-28(3,4)32(10)30(24,7)8/h25-26,30-31,45H,18-24H2,1-17H3,(H,46,47)(H,48,49);23-24H,11-22H2,1-10H3. The molecule has 4 atom stereocenters. The molecule has 85 heavy (non-hydrogen) atoms. The van der Waals surface area contributed by atoms with E-state index in [0.29, 0.717) is 38.5 Å². The molecule has 4 aliphatic rings. The molecule has 0 spiro atoms. The van der Waals surface area contributed by atoms with Gasteiger partial charge in [0.2, 0.25) is 0 Å². The fraction of sp³-hybridized carbons (Fsp3) is 0.861. The minimum Gasteiger partial charge on any atom is -0.507 e. The molecule has 13 nitrogen and oxygen atoms in total. The molecule has 0 amide bonds. The molecule has 490 valence electrons. The van der Waals surface area contributed by atoms with E-state index in [0.717, 1.165) is 93.7 Å². The topological polar surface area (TPSA) is 160 Å². The van der Waals surface area contributed by atoms with Crippen molar-refractivity contribution in [1.29, 1.82) is 0 Å². The van der Waals surface area contributed by atoms with Gasteiger partial charge in [-0.25, -0.2) is 0 Å². The normalized spacial score (nSPS) is 26.5. The molecule has 0 bridgehead atoms. The van der Waals surface area contributed by atoms with E-state index in [1.54, 1.807) is 0 Å². The van der Waals surface area contributed by atoms with Crippen molar-refractivity contribution < 1.29 is 44.0 Å². The highest BCUT2D eigenvalue weighted by Gasteiger charge is 2.74. The van der Waals surface area contributed by atoms with E-state index >= 15 is 0 Å². The number of nitrogens with zero attached hydrogens (tertiary/aromatic N) is 4. The van der Waals surface area contributed by atoms with Crippen LogP contribution in [0.1, 0.15) is 298 Å². The number of likely N-dealkylation sites (tertiary alicyclic amines) is 4. The van der Waals surface area contributed by atoms with Crippen LogP contribution in [0, 0.1) is 17.3 Å². The first-order valence-electron chi connectivity index (χ1n) is 33.1. The quantitative estimate of drug-likeness (QED) is 0.0644. The highest BCUT2D eigenvalue weighted by atomic mass is 16.5. The van der Waals surface area contributed by atoms with Gasteiger partial charge in [0.1, 0.15) is 18.0 Å². The summed E-state index contributed by atoms with van der Waals surface area (Å²) in [4.78, 5) is 63.3. The van der Waals surface area contributed by atoms with Crippen LogP contribution in [0.4, 0.5) is 0 Å². The number of piperidine rings is 4. The lowest BCUT2D eigenvalue weighted by Gasteiger charge is -2.69. The van der Waals surface area contributed by atoms with Crippen LogP contribution in [-0.4, -0.2) is 144 Å². The maximum absolute atomic E-state index is 14.5. The number of carbonyl (C=O) groups excluding carboxylic acids is 2. The Balaban J connectivity index is 0.000000382. The fourth-order valence-corrected chi connectivity index (χ4v) is 16.5. The summed E-state index contributed by atoms with van der Waals surface area (Å²) in [5.41, 5.74) is -3.90. The van der Waals surface area contributed by atoms with Gasteiger partial charge in [-0.2, -0.15) is 0 Å². The molecule has 0 aliphatic carbocycles. The van der Waals surface area contributed by atoms with E-state index in [9.17, 15) is 34.5 Å². The van der Waals surface area contributed by atoms with Gasteiger partial charge in [0.15, 0.2) is 5.41 Å². The third-order valence-electron chi connectivity index (χ3n) is 23.7. The van der Waals surface area contributed by atoms with Crippen molar-refractivity contribution in [2.24, 2.45) is 17.3 Å². The van der Waals surface area contributed by atoms with E-state index in [2.05, 4.69) is 200 Å². The lowest BCUT2D eigenvalue weighted by Crippen LogP contribution is -2.76. The summed E-state index contributed by atoms with van der Waals surface area (Å²) >= 11 is 0. The molecule has 4 fully saturated rings. The first kappa shape index (κ1) is 74.2. The summed E-state index contributed by atoms with van der Waals surface area (Å²) in [5.74, 6) is -3.15. The number of carboxylic acid groups (broad SMARTS) is 2. The molecule has 4 unspecified atom stereocenters. The number of ether oxygens (including phenoxy) is 2. The van der Waals surface area contributed by atoms with Crippen molar-refractivity contribution in [2.45, 2.75) is 354 Å². The Hall–Kier alpha value is -3.26. The highest BCUT2D eigenvalue weighted by molar-refractivity contribution is 6.01. The summed E-state index contributed by atoms with van der Waals surface area (Å²) in [5, 5.41) is 35.6. The molecular formula is C72H128N4O9. The predicted molar refractivity (Wildman–Crippen MR) is 349 cm³/mol. The molecule has 4 aliphatic heterocycles. The number of rotatable bonds is 20.